The van der Waals surface area contributed by atoms with Gasteiger partial charge in [-0.25, -0.2) is 4.39 Å². The Morgan fingerprint density at radius 1 is 0.935 bits per heavy atom. The Morgan fingerprint density at radius 2 is 1.42 bits per heavy atom. The molecule has 0 aromatic carbocycles. The molecule has 2 heterocycles. The minimum atomic E-state index is -2.96. The molecule has 2 aliphatic rings. The van der Waals surface area contributed by atoms with E-state index in [0.717, 1.165) is 0 Å². The van der Waals surface area contributed by atoms with Crippen molar-refractivity contribution < 1.29 is 22.1 Å². The first kappa shape index (κ1) is 27.3. The molecule has 176 valence electrons. The first-order valence-corrected chi connectivity index (χ1v) is 19.1. The van der Waals surface area contributed by atoms with E-state index in [0.29, 0.717) is 0 Å². The zero-order valence-electron chi connectivity index (χ0n) is 21.3. The van der Waals surface area contributed by atoms with E-state index in [1.54, 1.807) is 0 Å². The number of halogens is 1. The maximum absolute atomic E-state index is 16.5. The Morgan fingerprint density at radius 3 is 1.84 bits per heavy atom. The van der Waals surface area contributed by atoms with Crippen LogP contribution >= 0.6 is 0 Å². The minimum Gasteiger partial charge on any atom is -0.414 e. The Hall–Kier alpha value is 0.0456. The molecule has 2 saturated heterocycles. The number of hydrogen-bond acceptors (Lipinski definition) is 4. The molecule has 0 aromatic rings. The number of fused-ring (bicyclic) bond motifs is 1. The maximum atomic E-state index is 16.5. The van der Waals surface area contributed by atoms with E-state index < -0.39 is 49.1 Å². The maximum Gasteiger partial charge on any atom is 0.335 e. The molecule has 0 spiro atoms. The predicted octanol–water partition coefficient (Wildman–Crippen LogP) is 5.43. The molecule has 2 radical (unpaired) electrons. The largest absolute Gasteiger partial charge is 0.414 e. The monoisotopic (exact) mass is 484 g/mol. The van der Waals surface area contributed by atoms with Crippen LogP contribution in [0, 0.1) is 11.5 Å². The fraction of sp³-hybridized carbons (Fsp3) is 0.909. The molecule has 0 N–H and O–H groups in total. The van der Waals surface area contributed by atoms with Crippen molar-refractivity contribution in [2.24, 2.45) is 0 Å². The van der Waals surface area contributed by atoms with Gasteiger partial charge < -0.3 is 17.7 Å². The first-order chi connectivity index (χ1) is 14.0. The van der Waals surface area contributed by atoms with Crippen molar-refractivity contribution in [2.45, 2.75) is 121 Å². The van der Waals surface area contributed by atoms with Crippen molar-refractivity contribution in [3.63, 3.8) is 0 Å². The molecule has 0 aliphatic carbocycles. The number of hydrogen-bond donors (Lipinski definition) is 0. The van der Waals surface area contributed by atoms with Crippen molar-refractivity contribution in [2.75, 3.05) is 6.61 Å². The van der Waals surface area contributed by atoms with E-state index >= 15 is 4.39 Å². The molecular weight excluding hydrogens is 442 g/mol. The quantitative estimate of drug-likeness (QED) is 0.394. The summed E-state index contributed by atoms with van der Waals surface area (Å²) in [6.45, 7) is 23.6. The Kier molecular flexibility index (Phi) is 8.24. The topological polar surface area (TPSA) is 36.9 Å². The van der Waals surface area contributed by atoms with Gasteiger partial charge >= 0.3 is 17.1 Å². The number of alkyl halides is 1. The molecule has 4 nitrogen and oxygen atoms in total. The average Bonchev–Trinajstić information content (AvgIpc) is 2.82. The lowest BCUT2D eigenvalue weighted by Gasteiger charge is -2.51. The van der Waals surface area contributed by atoms with E-state index in [4.69, 9.17) is 25.6 Å². The third kappa shape index (κ3) is 5.10. The van der Waals surface area contributed by atoms with Gasteiger partial charge in [0, 0.05) is 0 Å². The van der Waals surface area contributed by atoms with Crippen LogP contribution in [0.5, 0.6) is 0 Å². The van der Waals surface area contributed by atoms with Crippen LogP contribution in [0.4, 0.5) is 4.39 Å². The minimum absolute atomic E-state index is 0.102. The molecule has 0 unspecified atom stereocenters. The summed E-state index contributed by atoms with van der Waals surface area (Å²) in [6.07, 6.45) is -1.53. The Balaban J connectivity index is 2.65. The second-order valence-electron chi connectivity index (χ2n) is 11.4. The molecule has 0 bridgehead atoms. The van der Waals surface area contributed by atoms with Crippen molar-refractivity contribution in [3.05, 3.63) is 0 Å². The third-order valence-corrected chi connectivity index (χ3v) is 17.5. The van der Waals surface area contributed by atoms with Gasteiger partial charge in [0.2, 0.25) is 5.67 Å². The summed E-state index contributed by atoms with van der Waals surface area (Å²) in [5.74, 6) is 2.87. The van der Waals surface area contributed by atoms with Gasteiger partial charge in [-0.15, -0.1) is 5.54 Å². The van der Waals surface area contributed by atoms with Crippen LogP contribution in [0.15, 0.2) is 0 Å². The highest BCUT2D eigenvalue weighted by molar-refractivity contribution is 6.84. The Labute approximate surface area is 194 Å². The fourth-order valence-corrected chi connectivity index (χ4v) is 16.4. The molecule has 31 heavy (non-hydrogen) atoms. The molecular formula is C22H42BFO4Si3. The van der Waals surface area contributed by atoms with Gasteiger partial charge in [-0.2, -0.15) is 0 Å². The summed E-state index contributed by atoms with van der Waals surface area (Å²) in [4.78, 5) is 0. The van der Waals surface area contributed by atoms with Crippen molar-refractivity contribution in [1.82, 2.24) is 0 Å². The molecule has 4 atom stereocenters. The Bertz CT molecular complexity index is 685. The van der Waals surface area contributed by atoms with Gasteiger partial charge in [0.1, 0.15) is 28.1 Å². The van der Waals surface area contributed by atoms with Crippen LogP contribution in [0.25, 0.3) is 0 Å². The number of rotatable bonds is 4. The van der Waals surface area contributed by atoms with Gasteiger partial charge in [-0.3, -0.25) is 0 Å². The molecule has 9 heteroatoms. The van der Waals surface area contributed by atoms with Gasteiger partial charge in [0.05, 0.1) is 12.6 Å². The summed E-state index contributed by atoms with van der Waals surface area (Å²) in [5, 5.41) is 0. The average molecular weight is 485 g/mol. The molecule has 2 rings (SSSR count). The van der Waals surface area contributed by atoms with Crippen molar-refractivity contribution in [3.8, 4) is 11.5 Å². The highest BCUT2D eigenvalue weighted by Gasteiger charge is 2.65. The normalized spacial score (nSPS) is 33.2. The van der Waals surface area contributed by atoms with Crippen LogP contribution < -0.4 is 0 Å². The van der Waals surface area contributed by atoms with E-state index in [1.807, 2.05) is 0 Å². The summed E-state index contributed by atoms with van der Waals surface area (Å²) < 4.78 is 43.0. The van der Waals surface area contributed by atoms with Gasteiger partial charge in [-0.1, -0.05) is 81.0 Å². The molecule has 0 saturated carbocycles. The molecule has 0 amide bonds. The second kappa shape index (κ2) is 9.36. The van der Waals surface area contributed by atoms with Gasteiger partial charge in [0.15, 0.2) is 0 Å². The van der Waals surface area contributed by atoms with E-state index in [9.17, 15) is 0 Å². The third-order valence-electron chi connectivity index (χ3n) is 6.44. The predicted molar refractivity (Wildman–Crippen MR) is 133 cm³/mol. The van der Waals surface area contributed by atoms with Crippen molar-refractivity contribution >= 4 is 33.0 Å². The second-order valence-corrected chi connectivity index (χ2v) is 25.0. The van der Waals surface area contributed by atoms with Crippen LogP contribution in [0.3, 0.4) is 0 Å². The highest BCUT2D eigenvalue weighted by atomic mass is 28.5. The van der Waals surface area contributed by atoms with Gasteiger partial charge in [0.25, 0.3) is 0 Å². The summed E-state index contributed by atoms with van der Waals surface area (Å²) in [6, 6.07) is -1.17. The first-order valence-electron chi connectivity index (χ1n) is 11.7. The SMILES string of the molecule is [B][C@@H]1O[C@@H]2CO[Si](C(C)C)(C(C)C)O[Si](C(C)C)(C(C)C)O[C@H]2[C@]1(F)C#C[Si](C)(C)C. The lowest BCUT2D eigenvalue weighted by atomic mass is 9.82. The zero-order valence-corrected chi connectivity index (χ0v) is 24.3. The summed E-state index contributed by atoms with van der Waals surface area (Å²) >= 11 is 0. The number of ether oxygens (including phenoxy) is 1. The molecule has 0 aromatic heterocycles. The van der Waals surface area contributed by atoms with Crippen molar-refractivity contribution in [1.29, 1.82) is 0 Å². The highest BCUT2D eigenvalue weighted by Crippen LogP contribution is 2.49. The van der Waals surface area contributed by atoms with Crippen LogP contribution in [-0.4, -0.2) is 63.5 Å². The van der Waals surface area contributed by atoms with Crippen LogP contribution in [0.1, 0.15) is 55.4 Å². The summed E-state index contributed by atoms with van der Waals surface area (Å²) in [5.41, 5.74) is 1.71. The lowest BCUT2D eigenvalue weighted by Crippen LogP contribution is -2.66. The molecule has 2 aliphatic heterocycles. The van der Waals surface area contributed by atoms with E-state index in [1.165, 1.54) is 0 Å². The van der Waals surface area contributed by atoms with E-state index in [-0.39, 0.29) is 28.8 Å². The zero-order chi connectivity index (χ0) is 24.0. The van der Waals surface area contributed by atoms with Crippen LogP contribution in [-0.2, 0) is 17.7 Å². The lowest BCUT2D eigenvalue weighted by molar-refractivity contribution is -0.0312. The van der Waals surface area contributed by atoms with Gasteiger partial charge in [-0.05, 0) is 22.2 Å². The van der Waals surface area contributed by atoms with Crippen LogP contribution in [0.2, 0.25) is 41.8 Å². The van der Waals surface area contributed by atoms with E-state index in [2.05, 4.69) is 86.5 Å². The fourth-order valence-electron chi connectivity index (χ4n) is 4.63. The standard InChI is InChI=1S/C22H42BFO4Si3/c1-15(2)30(16(3)4)25-14-19-20(27-31(28-30,17(5)6)18(7)8)22(24,21(23)26-19)12-13-29(9,10)11/h15-21H,14H2,1-11H3/t19-,20-,21-,22-/m1/s1. The smallest absolute Gasteiger partial charge is 0.335 e. The molecule has 2 fully saturated rings. The summed E-state index contributed by atoms with van der Waals surface area (Å²) in [7, 11) is -1.27.